The lowest BCUT2D eigenvalue weighted by atomic mass is 10.0. The first-order valence-electron chi connectivity index (χ1n) is 6.82. The molecule has 0 aromatic heterocycles. The van der Waals surface area contributed by atoms with Gasteiger partial charge in [0.05, 0.1) is 18.0 Å². The molecule has 0 radical (unpaired) electrons. The molecule has 0 bridgehead atoms. The molecule has 1 aliphatic rings. The first-order chi connectivity index (χ1) is 10.8. The van der Waals surface area contributed by atoms with Gasteiger partial charge in [-0.05, 0) is 17.7 Å². The fraction of sp³-hybridized carbons (Fsp3) is 0.0556. The normalized spacial score (nSPS) is 17.0. The molecule has 0 fully saturated rings. The quantitative estimate of drug-likeness (QED) is 0.849. The number of hydrogen-bond acceptors (Lipinski definition) is 4. The minimum Gasteiger partial charge on any atom is -0.317 e. The predicted molar refractivity (Wildman–Crippen MR) is 85.8 cm³/mol. The van der Waals surface area contributed by atoms with Gasteiger partial charge in [-0.3, -0.25) is 0 Å². The van der Waals surface area contributed by atoms with E-state index in [4.69, 9.17) is 0 Å². The van der Waals surface area contributed by atoms with Crippen molar-refractivity contribution in [1.29, 1.82) is 10.5 Å². The topological polar surface area (TPSA) is 63.2 Å². The first-order valence-corrected chi connectivity index (χ1v) is 6.82. The fourth-order valence-corrected chi connectivity index (χ4v) is 2.43. The van der Waals surface area contributed by atoms with Crippen molar-refractivity contribution in [1.82, 2.24) is 0 Å². The summed E-state index contributed by atoms with van der Waals surface area (Å²) in [6, 6.07) is 22.8. The molecule has 0 aliphatic carbocycles. The number of nitriles is 2. The summed E-state index contributed by atoms with van der Waals surface area (Å²) in [4.78, 5) is 6.01. The molecule has 3 rings (SSSR count). The van der Waals surface area contributed by atoms with Crippen LogP contribution in [0, 0.1) is 22.7 Å². The monoisotopic (exact) mass is 284 g/mol. The third-order valence-corrected chi connectivity index (χ3v) is 3.44. The highest BCUT2D eigenvalue weighted by Crippen LogP contribution is 2.31. The average Bonchev–Trinajstić information content (AvgIpc) is 2.61. The van der Waals surface area contributed by atoms with Crippen LogP contribution in [-0.2, 0) is 0 Å². The summed E-state index contributed by atoms with van der Waals surface area (Å²) in [6.07, 6.45) is 1.65. The zero-order valence-corrected chi connectivity index (χ0v) is 11.7. The van der Waals surface area contributed by atoms with E-state index in [0.29, 0.717) is 0 Å². The molecule has 22 heavy (non-hydrogen) atoms. The summed E-state index contributed by atoms with van der Waals surface area (Å²) in [6.45, 7) is 0. The van der Waals surface area contributed by atoms with E-state index >= 15 is 0 Å². The van der Waals surface area contributed by atoms with E-state index in [0.717, 1.165) is 16.9 Å². The second-order valence-electron chi connectivity index (χ2n) is 4.74. The Morgan fingerprint density at radius 3 is 2.14 bits per heavy atom. The summed E-state index contributed by atoms with van der Waals surface area (Å²) in [5.74, 6) is 0. The second-order valence-corrected chi connectivity index (χ2v) is 4.74. The van der Waals surface area contributed by atoms with Crippen molar-refractivity contribution in [2.24, 2.45) is 4.99 Å². The Labute approximate surface area is 128 Å². The van der Waals surface area contributed by atoms with E-state index in [2.05, 4.69) is 11.1 Å². The first kappa shape index (κ1) is 13.6. The van der Waals surface area contributed by atoms with Crippen molar-refractivity contribution in [2.75, 3.05) is 4.90 Å². The Balaban J connectivity index is 2.17. The molecule has 1 atom stereocenters. The van der Waals surface area contributed by atoms with Gasteiger partial charge in [0.15, 0.2) is 11.8 Å². The smallest absolute Gasteiger partial charge is 0.174 e. The molecule has 1 heterocycles. The van der Waals surface area contributed by atoms with Gasteiger partial charge in [-0.25, -0.2) is 4.99 Å². The van der Waals surface area contributed by atoms with Crippen LogP contribution >= 0.6 is 0 Å². The molecule has 4 nitrogen and oxygen atoms in total. The van der Waals surface area contributed by atoms with Crippen LogP contribution in [0.4, 0.5) is 5.69 Å². The van der Waals surface area contributed by atoms with Crippen LogP contribution < -0.4 is 4.90 Å². The van der Waals surface area contributed by atoms with E-state index in [1.165, 1.54) is 0 Å². The lowest BCUT2D eigenvalue weighted by Gasteiger charge is -2.32. The molecule has 104 valence electrons. The van der Waals surface area contributed by atoms with Gasteiger partial charge in [-0.2, -0.15) is 10.5 Å². The molecule has 0 saturated heterocycles. The number of hydrogen-bond donors (Lipinski definition) is 0. The van der Waals surface area contributed by atoms with Gasteiger partial charge in [0, 0.05) is 5.69 Å². The van der Waals surface area contributed by atoms with Crippen LogP contribution in [0.25, 0.3) is 5.70 Å². The molecule has 0 saturated carbocycles. The predicted octanol–water partition coefficient (Wildman–Crippen LogP) is 3.36. The third kappa shape index (κ3) is 2.34. The van der Waals surface area contributed by atoms with E-state index in [1.54, 1.807) is 6.20 Å². The van der Waals surface area contributed by atoms with Crippen molar-refractivity contribution < 1.29 is 0 Å². The molecule has 0 N–H and O–H groups in total. The van der Waals surface area contributed by atoms with E-state index in [-0.39, 0.29) is 5.71 Å². The van der Waals surface area contributed by atoms with Crippen LogP contribution in [0.2, 0.25) is 0 Å². The van der Waals surface area contributed by atoms with Crippen LogP contribution in [0.15, 0.2) is 71.9 Å². The molecule has 2 aromatic carbocycles. The van der Waals surface area contributed by atoms with Crippen molar-refractivity contribution in [3.63, 3.8) is 0 Å². The number of rotatable bonds is 2. The average molecular weight is 284 g/mol. The zero-order chi connectivity index (χ0) is 15.4. The molecule has 2 aromatic rings. The number of nitrogens with zero attached hydrogens (tertiary/aromatic N) is 4. The van der Waals surface area contributed by atoms with Crippen molar-refractivity contribution in [3.05, 3.63) is 72.4 Å². The van der Waals surface area contributed by atoms with Gasteiger partial charge in [0.25, 0.3) is 0 Å². The third-order valence-electron chi connectivity index (χ3n) is 3.44. The largest absolute Gasteiger partial charge is 0.317 e. The molecule has 1 unspecified atom stereocenters. The highest BCUT2D eigenvalue weighted by molar-refractivity contribution is 6.10. The van der Waals surface area contributed by atoms with Crippen molar-refractivity contribution >= 4 is 17.1 Å². The summed E-state index contributed by atoms with van der Waals surface area (Å²) >= 11 is 0. The zero-order valence-electron chi connectivity index (χ0n) is 11.7. The van der Waals surface area contributed by atoms with Crippen LogP contribution in [0.1, 0.15) is 5.56 Å². The Kier molecular flexibility index (Phi) is 3.68. The van der Waals surface area contributed by atoms with E-state index in [9.17, 15) is 10.5 Å². The summed E-state index contributed by atoms with van der Waals surface area (Å²) in [5, 5.41) is 18.8. The highest BCUT2D eigenvalue weighted by Gasteiger charge is 2.30. The molecular formula is C18H12N4. The van der Waals surface area contributed by atoms with Gasteiger partial charge >= 0.3 is 0 Å². The van der Waals surface area contributed by atoms with E-state index < -0.39 is 6.04 Å². The second kappa shape index (κ2) is 5.95. The van der Waals surface area contributed by atoms with Crippen LogP contribution in [0.3, 0.4) is 0 Å². The van der Waals surface area contributed by atoms with Crippen LogP contribution in [0.5, 0.6) is 0 Å². The Hall–Kier alpha value is -3.37. The molecule has 0 spiro atoms. The van der Waals surface area contributed by atoms with Crippen LogP contribution in [-0.4, -0.2) is 11.8 Å². The standard InChI is InChI=1S/C18H12N4/c19-11-16-17(12-20)22(15-9-5-2-6-10-15)18(13-21-16)14-7-3-1-4-8-14/h1-10,13,17H. The van der Waals surface area contributed by atoms with Gasteiger partial charge < -0.3 is 4.90 Å². The fourth-order valence-electron chi connectivity index (χ4n) is 2.43. The highest BCUT2D eigenvalue weighted by atomic mass is 15.2. The SMILES string of the molecule is N#CC1=NC=C(c2ccccc2)N(c2ccccc2)C1C#N. The molecule has 4 heteroatoms. The Morgan fingerprint density at radius 2 is 1.55 bits per heavy atom. The summed E-state index contributed by atoms with van der Waals surface area (Å²) < 4.78 is 0. The summed E-state index contributed by atoms with van der Waals surface area (Å²) in [5.41, 5.74) is 2.81. The van der Waals surface area contributed by atoms with Crippen molar-refractivity contribution in [3.8, 4) is 12.1 Å². The lowest BCUT2D eigenvalue weighted by Crippen LogP contribution is -2.40. The molecular weight excluding hydrogens is 272 g/mol. The van der Waals surface area contributed by atoms with Gasteiger partial charge in [0.2, 0.25) is 0 Å². The lowest BCUT2D eigenvalue weighted by molar-refractivity contribution is 0.983. The maximum absolute atomic E-state index is 9.54. The number of anilines is 1. The Bertz CT molecular complexity index is 808. The van der Waals surface area contributed by atoms with Gasteiger partial charge in [0.1, 0.15) is 6.07 Å². The molecule has 1 aliphatic heterocycles. The summed E-state index contributed by atoms with van der Waals surface area (Å²) in [7, 11) is 0. The maximum Gasteiger partial charge on any atom is 0.174 e. The van der Waals surface area contributed by atoms with E-state index in [1.807, 2.05) is 71.6 Å². The minimum atomic E-state index is -0.729. The Morgan fingerprint density at radius 1 is 0.909 bits per heavy atom. The maximum atomic E-state index is 9.54. The number of benzene rings is 2. The van der Waals surface area contributed by atoms with Gasteiger partial charge in [-0.1, -0.05) is 48.5 Å². The molecule has 0 amide bonds. The minimum absolute atomic E-state index is 0.200. The van der Waals surface area contributed by atoms with Gasteiger partial charge in [-0.15, -0.1) is 0 Å². The number of aliphatic imine (C=N–C) groups is 1. The van der Waals surface area contributed by atoms with Crippen molar-refractivity contribution in [2.45, 2.75) is 6.04 Å². The number of para-hydroxylation sites is 1.